The minimum Gasteiger partial charge on any atom is -0.488 e. The SMILES string of the molecule is CC(C)Oc1ccc(Nc2nc(OCC(=O)N(C)CCO)nc(=O)n2Cc2ccc(Cl)cc2)cc1F. The van der Waals surface area contributed by atoms with Gasteiger partial charge in [-0.15, -0.1) is 4.98 Å². The van der Waals surface area contributed by atoms with Gasteiger partial charge in [-0.2, -0.15) is 4.98 Å². The van der Waals surface area contributed by atoms with E-state index in [-0.39, 0.29) is 43.5 Å². The number of hydrogen-bond acceptors (Lipinski definition) is 8. The normalized spacial score (nSPS) is 10.9. The number of nitrogens with one attached hydrogen (secondary N) is 1. The van der Waals surface area contributed by atoms with Crippen LogP contribution in [0.5, 0.6) is 11.8 Å². The van der Waals surface area contributed by atoms with Crippen LogP contribution in [0.15, 0.2) is 47.3 Å². The highest BCUT2D eigenvalue weighted by atomic mass is 35.5. The first-order valence-corrected chi connectivity index (χ1v) is 11.5. The van der Waals surface area contributed by atoms with Crippen molar-refractivity contribution in [2.45, 2.75) is 26.5 Å². The van der Waals surface area contributed by atoms with Crippen molar-refractivity contribution >= 4 is 29.1 Å². The molecule has 12 heteroatoms. The van der Waals surface area contributed by atoms with Crippen molar-refractivity contribution in [3.63, 3.8) is 0 Å². The van der Waals surface area contributed by atoms with E-state index in [0.29, 0.717) is 10.7 Å². The molecule has 1 aromatic heterocycles. The van der Waals surface area contributed by atoms with Crippen molar-refractivity contribution in [2.75, 3.05) is 32.1 Å². The Hall–Kier alpha value is -3.70. The van der Waals surface area contributed by atoms with Crippen LogP contribution in [-0.2, 0) is 11.3 Å². The Morgan fingerprint density at radius 1 is 1.22 bits per heavy atom. The molecule has 3 aromatic rings. The predicted molar refractivity (Wildman–Crippen MR) is 133 cm³/mol. The molecule has 1 heterocycles. The highest BCUT2D eigenvalue weighted by Crippen LogP contribution is 2.24. The molecular formula is C24H27ClFN5O5. The molecule has 0 radical (unpaired) electrons. The van der Waals surface area contributed by atoms with Crippen LogP contribution >= 0.6 is 11.6 Å². The number of carbonyl (C=O) groups is 1. The highest BCUT2D eigenvalue weighted by Gasteiger charge is 2.16. The lowest BCUT2D eigenvalue weighted by molar-refractivity contribution is -0.132. The molecule has 2 N–H and O–H groups in total. The second-order valence-electron chi connectivity index (χ2n) is 8.09. The summed E-state index contributed by atoms with van der Waals surface area (Å²) in [6.45, 7) is 3.15. The monoisotopic (exact) mass is 519 g/mol. The molecule has 10 nitrogen and oxygen atoms in total. The molecule has 0 unspecified atom stereocenters. The van der Waals surface area contributed by atoms with Gasteiger partial charge in [0.15, 0.2) is 18.2 Å². The maximum atomic E-state index is 14.5. The largest absolute Gasteiger partial charge is 0.488 e. The third-order valence-corrected chi connectivity index (χ3v) is 5.12. The van der Waals surface area contributed by atoms with E-state index in [2.05, 4.69) is 15.3 Å². The fourth-order valence-corrected chi connectivity index (χ4v) is 3.18. The third kappa shape index (κ3) is 7.40. The van der Waals surface area contributed by atoms with Gasteiger partial charge in [-0.1, -0.05) is 23.7 Å². The van der Waals surface area contributed by atoms with Crippen molar-refractivity contribution in [2.24, 2.45) is 0 Å². The number of amides is 1. The summed E-state index contributed by atoms with van der Waals surface area (Å²) >= 11 is 5.95. The number of benzene rings is 2. The Morgan fingerprint density at radius 3 is 2.58 bits per heavy atom. The summed E-state index contributed by atoms with van der Waals surface area (Å²) in [6.07, 6.45) is -0.205. The fourth-order valence-electron chi connectivity index (χ4n) is 3.05. The van der Waals surface area contributed by atoms with Crippen LogP contribution in [0, 0.1) is 5.82 Å². The molecule has 36 heavy (non-hydrogen) atoms. The van der Waals surface area contributed by atoms with Gasteiger partial charge in [-0.05, 0) is 43.7 Å². The van der Waals surface area contributed by atoms with Crippen LogP contribution in [0.25, 0.3) is 0 Å². The first-order valence-electron chi connectivity index (χ1n) is 11.1. The summed E-state index contributed by atoms with van der Waals surface area (Å²) in [5.74, 6) is -0.918. The zero-order valence-electron chi connectivity index (χ0n) is 20.1. The van der Waals surface area contributed by atoms with Crippen LogP contribution < -0.4 is 20.5 Å². The number of carbonyl (C=O) groups excluding carboxylic acids is 1. The average Bonchev–Trinajstić information content (AvgIpc) is 2.82. The summed E-state index contributed by atoms with van der Waals surface area (Å²) < 4.78 is 26.6. The van der Waals surface area contributed by atoms with Gasteiger partial charge in [0.05, 0.1) is 19.3 Å². The van der Waals surface area contributed by atoms with Gasteiger partial charge in [0.1, 0.15) is 0 Å². The van der Waals surface area contributed by atoms with Crippen LogP contribution in [0.3, 0.4) is 0 Å². The maximum Gasteiger partial charge on any atom is 0.355 e. The van der Waals surface area contributed by atoms with Crippen LogP contribution in [0.2, 0.25) is 5.02 Å². The predicted octanol–water partition coefficient (Wildman–Crippen LogP) is 2.84. The smallest absolute Gasteiger partial charge is 0.355 e. The molecular weight excluding hydrogens is 493 g/mol. The molecule has 0 aliphatic rings. The van der Waals surface area contributed by atoms with Crippen molar-refractivity contribution in [1.82, 2.24) is 19.4 Å². The molecule has 0 atom stereocenters. The van der Waals surface area contributed by atoms with Crippen LogP contribution in [0.1, 0.15) is 19.4 Å². The summed E-state index contributed by atoms with van der Waals surface area (Å²) in [6, 6.07) is 10.8. The van der Waals surface area contributed by atoms with E-state index in [0.717, 1.165) is 5.56 Å². The number of hydrogen-bond donors (Lipinski definition) is 2. The zero-order chi connectivity index (χ0) is 26.2. The number of nitrogens with zero attached hydrogens (tertiary/aromatic N) is 4. The van der Waals surface area contributed by atoms with Crippen LogP contribution in [0.4, 0.5) is 16.0 Å². The van der Waals surface area contributed by atoms with E-state index < -0.39 is 24.0 Å². The number of rotatable bonds is 11. The zero-order valence-corrected chi connectivity index (χ0v) is 20.8. The molecule has 192 valence electrons. The second-order valence-corrected chi connectivity index (χ2v) is 8.53. The quantitative estimate of drug-likeness (QED) is 0.397. The number of halogens is 2. The van der Waals surface area contributed by atoms with Gasteiger partial charge in [0.25, 0.3) is 5.91 Å². The molecule has 0 bridgehead atoms. The standard InChI is InChI=1S/C24H27ClFN5O5/c1-15(2)36-20-9-8-18(12-19(20)26)27-22-28-23(35-14-21(33)30(3)10-11-32)29-24(34)31(22)13-16-4-6-17(25)7-5-16/h4-9,12,15,32H,10-11,13-14H2,1-3H3,(H,27,28,29,34). The molecule has 0 spiro atoms. The maximum absolute atomic E-state index is 14.5. The van der Waals surface area contributed by atoms with Gasteiger partial charge in [-0.25, -0.2) is 9.18 Å². The number of anilines is 2. The van der Waals surface area contributed by atoms with Gasteiger partial charge in [-0.3, -0.25) is 9.36 Å². The summed E-state index contributed by atoms with van der Waals surface area (Å²) in [4.78, 5) is 34.3. The van der Waals surface area contributed by atoms with Crippen molar-refractivity contribution in [3.05, 3.63) is 69.4 Å². The van der Waals surface area contributed by atoms with Gasteiger partial charge in [0.2, 0.25) is 5.95 Å². The van der Waals surface area contributed by atoms with E-state index >= 15 is 0 Å². The molecule has 0 aliphatic heterocycles. The van der Waals surface area contributed by atoms with Gasteiger partial charge in [0, 0.05) is 30.4 Å². The lowest BCUT2D eigenvalue weighted by Crippen LogP contribution is -2.34. The molecule has 0 saturated carbocycles. The van der Waals surface area contributed by atoms with E-state index in [1.807, 2.05) is 0 Å². The average molecular weight is 520 g/mol. The van der Waals surface area contributed by atoms with Crippen LogP contribution in [-0.4, -0.2) is 63.4 Å². The summed E-state index contributed by atoms with van der Waals surface area (Å²) in [5, 5.41) is 12.4. The fraction of sp³-hybridized carbons (Fsp3) is 0.333. The molecule has 0 aliphatic carbocycles. The topological polar surface area (TPSA) is 119 Å². The van der Waals surface area contributed by atoms with E-state index in [1.54, 1.807) is 44.2 Å². The van der Waals surface area contributed by atoms with Crippen molar-refractivity contribution in [1.29, 1.82) is 0 Å². The van der Waals surface area contributed by atoms with E-state index in [9.17, 15) is 14.0 Å². The molecule has 0 fully saturated rings. The minimum atomic E-state index is -0.700. The molecule has 3 rings (SSSR count). The Bertz CT molecular complexity index is 1250. The minimum absolute atomic E-state index is 0.0213. The number of aromatic nitrogens is 3. The number of likely N-dealkylation sites (N-methyl/N-ethyl adjacent to an activating group) is 1. The molecule has 1 amide bonds. The Morgan fingerprint density at radius 2 is 1.94 bits per heavy atom. The highest BCUT2D eigenvalue weighted by molar-refractivity contribution is 6.30. The Balaban J connectivity index is 1.91. The third-order valence-electron chi connectivity index (χ3n) is 4.87. The molecule has 2 aromatic carbocycles. The lowest BCUT2D eigenvalue weighted by atomic mass is 10.2. The number of aliphatic hydroxyl groups excluding tert-OH is 1. The summed E-state index contributed by atoms with van der Waals surface area (Å²) in [7, 11) is 1.50. The first-order chi connectivity index (χ1) is 17.2. The summed E-state index contributed by atoms with van der Waals surface area (Å²) in [5.41, 5.74) is 0.347. The van der Waals surface area contributed by atoms with E-state index in [1.165, 1.54) is 28.6 Å². The second kappa shape index (κ2) is 12.3. The molecule has 0 saturated heterocycles. The number of ether oxygens (including phenoxy) is 2. The Kier molecular flexibility index (Phi) is 9.20. The van der Waals surface area contributed by atoms with Gasteiger partial charge < -0.3 is 24.8 Å². The van der Waals surface area contributed by atoms with E-state index in [4.69, 9.17) is 26.2 Å². The first kappa shape index (κ1) is 26.9. The Labute approximate surface area is 212 Å². The van der Waals surface area contributed by atoms with Crippen molar-refractivity contribution < 1.29 is 23.8 Å². The van der Waals surface area contributed by atoms with Gasteiger partial charge >= 0.3 is 11.7 Å². The van der Waals surface area contributed by atoms with Crippen molar-refractivity contribution in [3.8, 4) is 11.8 Å². The lowest BCUT2D eigenvalue weighted by Gasteiger charge is -2.17. The number of aliphatic hydroxyl groups is 1.